The van der Waals surface area contributed by atoms with Crippen LogP contribution in [-0.4, -0.2) is 0 Å². The van der Waals surface area contributed by atoms with Crippen LogP contribution in [0.5, 0.6) is 0 Å². The number of hydrogen-bond donors (Lipinski definition) is 1. The number of thiol groups is 1. The van der Waals surface area contributed by atoms with Crippen molar-refractivity contribution < 1.29 is 0 Å². The maximum Gasteiger partial charge on any atom is 0.00401 e. The Balaban J connectivity index is 2.75. The van der Waals surface area contributed by atoms with Crippen LogP contribution in [0.1, 0.15) is 45.6 Å². The van der Waals surface area contributed by atoms with E-state index >= 15 is 0 Å². The first-order valence-electron chi connectivity index (χ1n) is 5.36. The second-order valence-corrected chi connectivity index (χ2v) is 5.05. The van der Waals surface area contributed by atoms with Crippen LogP contribution >= 0.6 is 12.6 Å². The smallest absolute Gasteiger partial charge is 0.00401 e. The molecule has 0 amide bonds. The molecule has 0 N–H and O–H groups in total. The van der Waals surface area contributed by atoms with E-state index in [9.17, 15) is 0 Å². The lowest BCUT2D eigenvalue weighted by molar-refractivity contribution is 0.457. The zero-order chi connectivity index (χ0) is 10.6. The normalized spacial score (nSPS) is 11.7. The van der Waals surface area contributed by atoms with Gasteiger partial charge in [-0.3, -0.25) is 0 Å². The molecule has 0 saturated carbocycles. The molecule has 0 unspecified atom stereocenters. The first-order chi connectivity index (χ1) is 6.56. The number of rotatable bonds is 4. The summed E-state index contributed by atoms with van der Waals surface area (Å²) in [6.45, 7) is 6.87. The number of unbranched alkanes of at least 4 members (excludes halogenated alkanes) is 1. The molecule has 1 heteroatoms. The lowest BCUT2D eigenvalue weighted by Gasteiger charge is -2.25. The Kier molecular flexibility index (Phi) is 4.06. The Labute approximate surface area is 93.1 Å². The maximum absolute atomic E-state index is 4.30. The summed E-state index contributed by atoms with van der Waals surface area (Å²) >= 11 is 4.30. The van der Waals surface area contributed by atoms with E-state index in [0.717, 1.165) is 4.90 Å². The lowest BCUT2D eigenvalue weighted by Crippen LogP contribution is -2.16. The van der Waals surface area contributed by atoms with E-state index in [1.54, 1.807) is 0 Å². The van der Waals surface area contributed by atoms with Crippen LogP contribution in [-0.2, 0) is 5.41 Å². The SMILES string of the molecule is CCCCC(C)(C)c1ccc(S)cc1. The monoisotopic (exact) mass is 208 g/mol. The van der Waals surface area contributed by atoms with E-state index in [1.807, 2.05) is 0 Å². The van der Waals surface area contributed by atoms with Crippen LogP contribution in [0, 0.1) is 0 Å². The van der Waals surface area contributed by atoms with Crippen molar-refractivity contribution in [2.75, 3.05) is 0 Å². The molecule has 0 aromatic heterocycles. The van der Waals surface area contributed by atoms with Gasteiger partial charge < -0.3 is 0 Å². The molecular formula is C13H20S. The highest BCUT2D eigenvalue weighted by atomic mass is 32.1. The van der Waals surface area contributed by atoms with Gasteiger partial charge in [0, 0.05) is 4.90 Å². The fraction of sp³-hybridized carbons (Fsp3) is 0.538. The van der Waals surface area contributed by atoms with Gasteiger partial charge in [-0.1, -0.05) is 45.7 Å². The van der Waals surface area contributed by atoms with Gasteiger partial charge in [0.1, 0.15) is 0 Å². The maximum atomic E-state index is 4.30. The summed E-state index contributed by atoms with van der Waals surface area (Å²) in [4.78, 5) is 1.04. The first-order valence-corrected chi connectivity index (χ1v) is 5.80. The van der Waals surface area contributed by atoms with E-state index in [1.165, 1.54) is 24.8 Å². The highest BCUT2D eigenvalue weighted by Crippen LogP contribution is 2.29. The minimum Gasteiger partial charge on any atom is -0.143 e. The second kappa shape index (κ2) is 4.88. The Morgan fingerprint density at radius 3 is 2.21 bits per heavy atom. The van der Waals surface area contributed by atoms with Crippen molar-refractivity contribution in [3.63, 3.8) is 0 Å². The summed E-state index contributed by atoms with van der Waals surface area (Å²) in [5.41, 5.74) is 1.72. The van der Waals surface area contributed by atoms with E-state index in [-0.39, 0.29) is 0 Å². The molecule has 0 aliphatic rings. The van der Waals surface area contributed by atoms with Crippen molar-refractivity contribution in [2.24, 2.45) is 0 Å². The molecule has 1 rings (SSSR count). The Morgan fingerprint density at radius 1 is 1.14 bits per heavy atom. The Morgan fingerprint density at radius 2 is 1.71 bits per heavy atom. The molecule has 0 atom stereocenters. The van der Waals surface area contributed by atoms with Crippen LogP contribution in [0.4, 0.5) is 0 Å². The lowest BCUT2D eigenvalue weighted by atomic mass is 9.80. The average Bonchev–Trinajstić information content (AvgIpc) is 2.16. The zero-order valence-electron chi connectivity index (χ0n) is 9.38. The van der Waals surface area contributed by atoms with Crippen LogP contribution in [0.3, 0.4) is 0 Å². The van der Waals surface area contributed by atoms with Gasteiger partial charge in [0.15, 0.2) is 0 Å². The van der Waals surface area contributed by atoms with Gasteiger partial charge in [0.05, 0.1) is 0 Å². The van der Waals surface area contributed by atoms with Crippen LogP contribution < -0.4 is 0 Å². The summed E-state index contributed by atoms with van der Waals surface area (Å²) in [6, 6.07) is 8.54. The largest absolute Gasteiger partial charge is 0.143 e. The van der Waals surface area contributed by atoms with E-state index in [4.69, 9.17) is 0 Å². The molecule has 0 saturated heterocycles. The predicted octanol–water partition coefficient (Wildman–Crippen LogP) is 4.44. The molecule has 0 heterocycles. The molecule has 14 heavy (non-hydrogen) atoms. The molecule has 0 spiro atoms. The summed E-state index contributed by atoms with van der Waals surface area (Å²) in [7, 11) is 0. The zero-order valence-corrected chi connectivity index (χ0v) is 10.3. The third-order valence-corrected chi connectivity index (χ3v) is 3.10. The summed E-state index contributed by atoms with van der Waals surface area (Å²) in [5.74, 6) is 0. The summed E-state index contributed by atoms with van der Waals surface area (Å²) in [5, 5.41) is 0. The average molecular weight is 208 g/mol. The molecule has 1 aromatic rings. The Bertz CT molecular complexity index is 272. The van der Waals surface area contributed by atoms with Crippen LogP contribution in [0.2, 0.25) is 0 Å². The minimum atomic E-state index is 0.303. The fourth-order valence-corrected chi connectivity index (χ4v) is 1.82. The molecule has 1 aromatic carbocycles. The summed E-state index contributed by atoms with van der Waals surface area (Å²) < 4.78 is 0. The van der Waals surface area contributed by atoms with E-state index in [0.29, 0.717) is 5.41 Å². The molecular weight excluding hydrogens is 188 g/mol. The molecule has 0 fully saturated rings. The Hall–Kier alpha value is -0.430. The second-order valence-electron chi connectivity index (χ2n) is 4.53. The van der Waals surface area contributed by atoms with Gasteiger partial charge in [-0.25, -0.2) is 0 Å². The molecule has 0 nitrogen and oxygen atoms in total. The van der Waals surface area contributed by atoms with Crippen molar-refractivity contribution in [3.8, 4) is 0 Å². The van der Waals surface area contributed by atoms with Gasteiger partial charge >= 0.3 is 0 Å². The van der Waals surface area contributed by atoms with Gasteiger partial charge in [-0.15, -0.1) is 12.6 Å². The van der Waals surface area contributed by atoms with Gasteiger partial charge in [0.2, 0.25) is 0 Å². The predicted molar refractivity (Wildman–Crippen MR) is 66.2 cm³/mol. The highest BCUT2D eigenvalue weighted by molar-refractivity contribution is 7.80. The minimum absolute atomic E-state index is 0.303. The van der Waals surface area contributed by atoms with Gasteiger partial charge in [-0.2, -0.15) is 0 Å². The van der Waals surface area contributed by atoms with Crippen LogP contribution in [0.25, 0.3) is 0 Å². The van der Waals surface area contributed by atoms with Crippen molar-refractivity contribution in [1.82, 2.24) is 0 Å². The standard InChI is InChI=1S/C13H20S/c1-4-5-10-13(2,3)11-6-8-12(14)9-7-11/h6-9,14H,4-5,10H2,1-3H3. The molecule has 0 aliphatic heterocycles. The molecule has 0 radical (unpaired) electrons. The molecule has 0 bridgehead atoms. The molecule has 78 valence electrons. The van der Waals surface area contributed by atoms with Crippen molar-refractivity contribution in [1.29, 1.82) is 0 Å². The van der Waals surface area contributed by atoms with Gasteiger partial charge in [-0.05, 0) is 29.5 Å². The third-order valence-electron chi connectivity index (χ3n) is 2.80. The number of hydrogen-bond acceptors (Lipinski definition) is 1. The molecule has 0 aliphatic carbocycles. The van der Waals surface area contributed by atoms with Crippen molar-refractivity contribution in [2.45, 2.75) is 50.3 Å². The van der Waals surface area contributed by atoms with E-state index < -0.39 is 0 Å². The summed E-state index contributed by atoms with van der Waals surface area (Å²) in [6.07, 6.45) is 3.83. The third kappa shape index (κ3) is 3.06. The van der Waals surface area contributed by atoms with Crippen molar-refractivity contribution in [3.05, 3.63) is 29.8 Å². The van der Waals surface area contributed by atoms with Crippen molar-refractivity contribution >= 4 is 12.6 Å². The highest BCUT2D eigenvalue weighted by Gasteiger charge is 2.19. The topological polar surface area (TPSA) is 0 Å². The van der Waals surface area contributed by atoms with Crippen LogP contribution in [0.15, 0.2) is 29.2 Å². The van der Waals surface area contributed by atoms with E-state index in [2.05, 4.69) is 57.7 Å². The van der Waals surface area contributed by atoms with Gasteiger partial charge in [0.25, 0.3) is 0 Å². The first kappa shape index (κ1) is 11.6. The quantitative estimate of drug-likeness (QED) is 0.695. The fourth-order valence-electron chi connectivity index (χ4n) is 1.68. The number of benzene rings is 1.